The molecule has 0 fully saturated rings. The predicted octanol–water partition coefficient (Wildman–Crippen LogP) is 2.30. The van der Waals surface area contributed by atoms with Crippen molar-refractivity contribution in [2.75, 3.05) is 5.32 Å². The number of aryl methyl sites for hydroxylation is 2. The van der Waals surface area contributed by atoms with Crippen LogP contribution in [-0.4, -0.2) is 9.97 Å². The molecule has 1 aromatic carbocycles. The minimum absolute atomic E-state index is 0.541. The van der Waals surface area contributed by atoms with E-state index in [0.29, 0.717) is 6.54 Å². The molecule has 0 aliphatic carbocycles. The van der Waals surface area contributed by atoms with Crippen LogP contribution in [0.5, 0.6) is 0 Å². The normalized spacial score (nSPS) is 10.3. The van der Waals surface area contributed by atoms with Gasteiger partial charge in [0.2, 0.25) is 0 Å². The number of anilines is 2. The Labute approximate surface area is 101 Å². The molecule has 3 N–H and O–H groups in total. The summed E-state index contributed by atoms with van der Waals surface area (Å²) in [6.07, 6.45) is 1.80. The van der Waals surface area contributed by atoms with Crippen LogP contribution in [0.2, 0.25) is 0 Å². The van der Waals surface area contributed by atoms with Crippen LogP contribution in [0.25, 0.3) is 0 Å². The molecule has 0 radical (unpaired) electrons. The van der Waals surface area contributed by atoms with Gasteiger partial charge in [-0.15, -0.1) is 0 Å². The molecule has 2 rings (SSSR count). The van der Waals surface area contributed by atoms with Gasteiger partial charge in [0.1, 0.15) is 5.82 Å². The number of aromatic nitrogens is 2. The first-order valence-corrected chi connectivity index (χ1v) is 5.55. The fourth-order valence-corrected chi connectivity index (χ4v) is 1.64. The summed E-state index contributed by atoms with van der Waals surface area (Å²) in [4.78, 5) is 8.49. The highest BCUT2D eigenvalue weighted by atomic mass is 15.0. The Morgan fingerprint density at radius 3 is 2.82 bits per heavy atom. The van der Waals surface area contributed by atoms with Crippen LogP contribution in [-0.2, 0) is 6.54 Å². The van der Waals surface area contributed by atoms with Crippen LogP contribution in [0.3, 0.4) is 0 Å². The van der Waals surface area contributed by atoms with Crippen LogP contribution in [0.1, 0.15) is 17.1 Å². The smallest absolute Gasteiger partial charge is 0.125 e. The van der Waals surface area contributed by atoms with Crippen molar-refractivity contribution < 1.29 is 0 Å². The zero-order chi connectivity index (χ0) is 12.3. The fourth-order valence-electron chi connectivity index (χ4n) is 1.64. The first kappa shape index (κ1) is 11.5. The highest BCUT2D eigenvalue weighted by Gasteiger charge is 2.01. The van der Waals surface area contributed by atoms with Gasteiger partial charge in [-0.25, -0.2) is 9.97 Å². The lowest BCUT2D eigenvalue weighted by atomic mass is 10.2. The second-order valence-electron chi connectivity index (χ2n) is 3.95. The van der Waals surface area contributed by atoms with Crippen molar-refractivity contribution in [1.29, 1.82) is 0 Å². The Hall–Kier alpha value is -1.94. The second-order valence-corrected chi connectivity index (χ2v) is 3.95. The third-order valence-corrected chi connectivity index (χ3v) is 2.54. The van der Waals surface area contributed by atoms with Crippen molar-refractivity contribution >= 4 is 11.4 Å². The van der Waals surface area contributed by atoms with E-state index < -0.39 is 0 Å². The second kappa shape index (κ2) is 4.93. The average Bonchev–Trinajstić information content (AvgIpc) is 2.33. The minimum atomic E-state index is 0.541. The van der Waals surface area contributed by atoms with Gasteiger partial charge in [-0.3, -0.25) is 0 Å². The van der Waals surface area contributed by atoms with Crippen molar-refractivity contribution in [2.24, 2.45) is 5.73 Å². The Morgan fingerprint density at radius 1 is 1.29 bits per heavy atom. The maximum atomic E-state index is 5.61. The summed E-state index contributed by atoms with van der Waals surface area (Å²) in [5, 5.41) is 3.29. The van der Waals surface area contributed by atoms with E-state index in [-0.39, 0.29) is 0 Å². The van der Waals surface area contributed by atoms with Gasteiger partial charge in [-0.1, -0.05) is 12.1 Å². The van der Waals surface area contributed by atoms with Gasteiger partial charge < -0.3 is 11.1 Å². The number of nitrogens with two attached hydrogens (primary N) is 1. The monoisotopic (exact) mass is 228 g/mol. The quantitative estimate of drug-likeness (QED) is 0.846. The van der Waals surface area contributed by atoms with Gasteiger partial charge in [0.25, 0.3) is 0 Å². The summed E-state index contributed by atoms with van der Waals surface area (Å²) in [6, 6.07) is 8.01. The number of hydrogen-bond acceptors (Lipinski definition) is 4. The van der Waals surface area contributed by atoms with Crippen LogP contribution < -0.4 is 11.1 Å². The summed E-state index contributed by atoms with van der Waals surface area (Å²) in [7, 11) is 0. The Balaban J connectivity index is 2.25. The third-order valence-electron chi connectivity index (χ3n) is 2.54. The molecule has 2 aromatic rings. The first-order valence-electron chi connectivity index (χ1n) is 5.55. The zero-order valence-electron chi connectivity index (χ0n) is 10.1. The van der Waals surface area contributed by atoms with Gasteiger partial charge >= 0.3 is 0 Å². The van der Waals surface area contributed by atoms with Crippen molar-refractivity contribution in [3.63, 3.8) is 0 Å². The molecule has 0 aliphatic rings. The number of nitrogens with zero attached hydrogens (tertiary/aromatic N) is 2. The molecule has 0 aliphatic heterocycles. The van der Waals surface area contributed by atoms with Gasteiger partial charge in [-0.05, 0) is 31.5 Å². The minimum Gasteiger partial charge on any atom is -0.353 e. The highest BCUT2D eigenvalue weighted by Crippen LogP contribution is 2.19. The van der Waals surface area contributed by atoms with E-state index in [0.717, 1.165) is 28.5 Å². The standard InChI is InChI=1S/C13H16N4/c1-9-13(8-15-10(2)16-9)17-12-5-3-4-11(6-12)7-14/h3-6,8,17H,7,14H2,1-2H3. The first-order chi connectivity index (χ1) is 8.19. The van der Waals surface area contributed by atoms with E-state index in [2.05, 4.69) is 15.3 Å². The lowest BCUT2D eigenvalue weighted by molar-refractivity contribution is 1.01. The van der Waals surface area contributed by atoms with E-state index in [1.807, 2.05) is 38.1 Å². The molecule has 0 atom stereocenters. The summed E-state index contributed by atoms with van der Waals surface area (Å²) < 4.78 is 0. The van der Waals surface area contributed by atoms with Crippen molar-refractivity contribution in [3.8, 4) is 0 Å². The van der Waals surface area contributed by atoms with E-state index in [4.69, 9.17) is 5.73 Å². The fraction of sp³-hybridized carbons (Fsp3) is 0.231. The van der Waals surface area contributed by atoms with Crippen LogP contribution in [0.15, 0.2) is 30.5 Å². The van der Waals surface area contributed by atoms with Gasteiger partial charge in [0.05, 0.1) is 17.6 Å². The lowest BCUT2D eigenvalue weighted by Crippen LogP contribution is -2.00. The molecule has 4 heteroatoms. The topological polar surface area (TPSA) is 63.8 Å². The van der Waals surface area contributed by atoms with Crippen molar-refractivity contribution in [2.45, 2.75) is 20.4 Å². The van der Waals surface area contributed by atoms with Crippen molar-refractivity contribution in [3.05, 3.63) is 47.5 Å². The molecule has 0 saturated carbocycles. The van der Waals surface area contributed by atoms with E-state index in [1.54, 1.807) is 6.20 Å². The van der Waals surface area contributed by atoms with Gasteiger partial charge in [0.15, 0.2) is 0 Å². The number of nitrogens with one attached hydrogen (secondary N) is 1. The van der Waals surface area contributed by atoms with Crippen LogP contribution in [0, 0.1) is 13.8 Å². The molecular weight excluding hydrogens is 212 g/mol. The molecular formula is C13H16N4. The van der Waals surface area contributed by atoms with Crippen molar-refractivity contribution in [1.82, 2.24) is 9.97 Å². The number of benzene rings is 1. The highest BCUT2D eigenvalue weighted by molar-refractivity contribution is 5.61. The summed E-state index contributed by atoms with van der Waals surface area (Å²) in [6.45, 7) is 4.38. The predicted molar refractivity (Wildman–Crippen MR) is 69.1 cm³/mol. The molecule has 1 heterocycles. The Morgan fingerprint density at radius 2 is 2.12 bits per heavy atom. The molecule has 0 saturated heterocycles. The number of rotatable bonds is 3. The van der Waals surface area contributed by atoms with Gasteiger partial charge in [0, 0.05) is 12.2 Å². The number of hydrogen-bond donors (Lipinski definition) is 2. The molecule has 0 spiro atoms. The zero-order valence-corrected chi connectivity index (χ0v) is 10.1. The molecule has 17 heavy (non-hydrogen) atoms. The summed E-state index contributed by atoms with van der Waals surface area (Å²) >= 11 is 0. The Bertz CT molecular complexity index is 523. The third kappa shape index (κ3) is 2.79. The van der Waals surface area contributed by atoms with E-state index >= 15 is 0 Å². The molecule has 0 unspecified atom stereocenters. The largest absolute Gasteiger partial charge is 0.353 e. The summed E-state index contributed by atoms with van der Waals surface area (Å²) in [5.74, 6) is 0.781. The van der Waals surface area contributed by atoms with Crippen LogP contribution >= 0.6 is 0 Å². The van der Waals surface area contributed by atoms with Crippen LogP contribution in [0.4, 0.5) is 11.4 Å². The summed E-state index contributed by atoms with van der Waals surface area (Å²) in [5.41, 5.74) is 9.57. The average molecular weight is 228 g/mol. The SMILES string of the molecule is Cc1ncc(Nc2cccc(CN)c2)c(C)n1. The lowest BCUT2D eigenvalue weighted by Gasteiger charge is -2.09. The molecule has 1 aromatic heterocycles. The Kier molecular flexibility index (Phi) is 3.35. The maximum Gasteiger partial charge on any atom is 0.125 e. The molecule has 0 bridgehead atoms. The van der Waals surface area contributed by atoms with E-state index in [1.165, 1.54) is 0 Å². The maximum absolute atomic E-state index is 5.61. The molecule has 0 amide bonds. The molecule has 88 valence electrons. The molecule has 4 nitrogen and oxygen atoms in total. The van der Waals surface area contributed by atoms with E-state index in [9.17, 15) is 0 Å². The van der Waals surface area contributed by atoms with Gasteiger partial charge in [-0.2, -0.15) is 0 Å².